The first-order valence-corrected chi connectivity index (χ1v) is 8.41. The summed E-state index contributed by atoms with van der Waals surface area (Å²) in [5.74, 6) is -0.625. The van der Waals surface area contributed by atoms with E-state index in [1.54, 1.807) is 19.9 Å². The second-order valence-electron chi connectivity index (χ2n) is 4.61. The zero-order valence-electron chi connectivity index (χ0n) is 12.4. The van der Waals surface area contributed by atoms with Crippen molar-refractivity contribution in [2.45, 2.75) is 65.6 Å². The van der Waals surface area contributed by atoms with E-state index in [-0.39, 0.29) is 6.42 Å². The average Bonchev–Trinajstić information content (AvgIpc) is 2.35. The minimum atomic E-state index is -4.67. The molecular formula is C13H25O6P. The second-order valence-corrected chi connectivity index (χ2v) is 5.80. The second kappa shape index (κ2) is 10.1. The van der Waals surface area contributed by atoms with Crippen molar-refractivity contribution in [3.8, 4) is 0 Å². The number of allylic oxidation sites excluding steroid dienone is 1. The molecule has 0 aromatic heterocycles. The number of phosphoric ester groups is 1. The zero-order valence-corrected chi connectivity index (χ0v) is 13.3. The van der Waals surface area contributed by atoms with Crippen LogP contribution >= 0.6 is 7.82 Å². The smallest absolute Gasteiger partial charge is 0.432 e. The predicted octanol–water partition coefficient (Wildman–Crippen LogP) is 3.29. The highest BCUT2D eigenvalue weighted by molar-refractivity contribution is 7.46. The lowest BCUT2D eigenvalue weighted by atomic mass is 10.1. The van der Waals surface area contributed by atoms with Crippen molar-refractivity contribution < 1.29 is 28.4 Å². The molecule has 0 saturated heterocycles. The van der Waals surface area contributed by atoms with E-state index in [0.717, 1.165) is 25.7 Å². The van der Waals surface area contributed by atoms with Crippen molar-refractivity contribution in [2.24, 2.45) is 0 Å². The SMILES string of the molecule is C/C=C(\C)C(=O)OC(CCCCCCC)OP(=O)(O)O. The van der Waals surface area contributed by atoms with Crippen LogP contribution in [0.15, 0.2) is 11.6 Å². The summed E-state index contributed by atoms with van der Waals surface area (Å²) in [6.07, 6.45) is 5.50. The Morgan fingerprint density at radius 1 is 1.25 bits per heavy atom. The van der Waals surface area contributed by atoms with Gasteiger partial charge in [-0.25, -0.2) is 13.9 Å². The van der Waals surface area contributed by atoms with Crippen molar-refractivity contribution in [1.29, 1.82) is 0 Å². The summed E-state index contributed by atoms with van der Waals surface area (Å²) < 4.78 is 20.3. The molecule has 1 atom stereocenters. The van der Waals surface area contributed by atoms with E-state index in [1.165, 1.54) is 0 Å². The average molecular weight is 308 g/mol. The molecule has 0 aliphatic rings. The van der Waals surface area contributed by atoms with Gasteiger partial charge in [-0.1, -0.05) is 38.7 Å². The molecule has 0 aliphatic heterocycles. The Morgan fingerprint density at radius 2 is 1.85 bits per heavy atom. The van der Waals surface area contributed by atoms with Gasteiger partial charge in [0.25, 0.3) is 0 Å². The van der Waals surface area contributed by atoms with Crippen molar-refractivity contribution in [3.05, 3.63) is 11.6 Å². The topological polar surface area (TPSA) is 93.1 Å². The first-order valence-electron chi connectivity index (χ1n) is 6.88. The molecule has 0 aromatic rings. The summed E-state index contributed by atoms with van der Waals surface area (Å²) in [6.45, 7) is 5.35. The maximum Gasteiger partial charge on any atom is 0.472 e. The van der Waals surface area contributed by atoms with Crippen LogP contribution in [0.5, 0.6) is 0 Å². The van der Waals surface area contributed by atoms with Gasteiger partial charge in [-0.15, -0.1) is 0 Å². The highest BCUT2D eigenvalue weighted by Crippen LogP contribution is 2.39. The van der Waals surface area contributed by atoms with Crippen LogP contribution in [0.25, 0.3) is 0 Å². The van der Waals surface area contributed by atoms with Crippen LogP contribution in [0.2, 0.25) is 0 Å². The minimum absolute atomic E-state index is 0.275. The fraction of sp³-hybridized carbons (Fsp3) is 0.769. The molecule has 0 bridgehead atoms. The maximum atomic E-state index is 11.6. The van der Waals surface area contributed by atoms with E-state index in [4.69, 9.17) is 14.5 Å². The van der Waals surface area contributed by atoms with Gasteiger partial charge in [-0.3, -0.25) is 0 Å². The fourth-order valence-electron chi connectivity index (χ4n) is 1.53. The van der Waals surface area contributed by atoms with E-state index in [2.05, 4.69) is 11.4 Å². The largest absolute Gasteiger partial charge is 0.472 e. The van der Waals surface area contributed by atoms with Gasteiger partial charge < -0.3 is 14.5 Å². The first-order chi connectivity index (χ1) is 9.30. The standard InChI is InChI=1S/C13H25O6P/c1-4-6-7-8-9-10-12(19-20(15,16)17)18-13(14)11(3)5-2/h5,12H,4,6-10H2,1-3H3,(H2,15,16,17)/b11-5+. The number of rotatable bonds is 10. The van der Waals surface area contributed by atoms with Crippen LogP contribution in [0, 0.1) is 0 Å². The van der Waals surface area contributed by atoms with Crippen molar-refractivity contribution in [2.75, 3.05) is 0 Å². The number of hydrogen-bond donors (Lipinski definition) is 2. The van der Waals surface area contributed by atoms with Crippen LogP contribution in [-0.2, 0) is 18.6 Å². The van der Waals surface area contributed by atoms with Gasteiger partial charge in [0.15, 0.2) is 0 Å². The Hall–Kier alpha value is -0.680. The summed E-state index contributed by atoms with van der Waals surface area (Å²) in [5.41, 5.74) is 0.371. The Morgan fingerprint density at radius 3 is 2.35 bits per heavy atom. The first kappa shape index (κ1) is 19.3. The Balaban J connectivity index is 4.35. The lowest BCUT2D eigenvalue weighted by Gasteiger charge is -2.18. The Labute approximate surface area is 120 Å². The van der Waals surface area contributed by atoms with Crippen LogP contribution in [-0.4, -0.2) is 22.0 Å². The molecule has 0 saturated carbocycles. The molecule has 118 valence electrons. The molecule has 20 heavy (non-hydrogen) atoms. The molecule has 6 nitrogen and oxygen atoms in total. The number of ether oxygens (including phenoxy) is 1. The monoisotopic (exact) mass is 308 g/mol. The predicted molar refractivity (Wildman–Crippen MR) is 75.8 cm³/mol. The summed E-state index contributed by atoms with van der Waals surface area (Å²) in [7, 11) is -4.67. The fourth-order valence-corrected chi connectivity index (χ4v) is 1.99. The van der Waals surface area contributed by atoms with Crippen molar-refractivity contribution in [1.82, 2.24) is 0 Å². The third-order valence-corrected chi connectivity index (χ3v) is 3.30. The number of carbonyl (C=O) groups is 1. The van der Waals surface area contributed by atoms with Gasteiger partial charge in [0.2, 0.25) is 6.29 Å². The Kier molecular flexibility index (Phi) is 9.76. The summed E-state index contributed by atoms with van der Waals surface area (Å²) in [6, 6.07) is 0. The molecule has 0 radical (unpaired) electrons. The van der Waals surface area contributed by atoms with Gasteiger partial charge in [-0.05, 0) is 20.3 Å². The molecule has 0 spiro atoms. The van der Waals surface area contributed by atoms with E-state index in [1.807, 2.05) is 0 Å². The van der Waals surface area contributed by atoms with Gasteiger partial charge in [-0.2, -0.15) is 0 Å². The number of carbonyl (C=O) groups excluding carboxylic acids is 1. The quantitative estimate of drug-likeness (QED) is 0.211. The number of esters is 1. The van der Waals surface area contributed by atoms with Gasteiger partial charge in [0, 0.05) is 12.0 Å². The maximum absolute atomic E-state index is 11.6. The molecule has 7 heteroatoms. The molecule has 0 aliphatic carbocycles. The van der Waals surface area contributed by atoms with E-state index in [0.29, 0.717) is 12.0 Å². The van der Waals surface area contributed by atoms with Gasteiger partial charge in [0.1, 0.15) is 0 Å². The van der Waals surface area contributed by atoms with Crippen LogP contribution in [0.1, 0.15) is 59.3 Å². The van der Waals surface area contributed by atoms with E-state index in [9.17, 15) is 9.36 Å². The van der Waals surface area contributed by atoms with E-state index < -0.39 is 20.1 Å². The number of unbranched alkanes of at least 4 members (excludes halogenated alkanes) is 4. The van der Waals surface area contributed by atoms with Crippen LogP contribution < -0.4 is 0 Å². The highest BCUT2D eigenvalue weighted by Gasteiger charge is 2.25. The summed E-state index contributed by atoms with van der Waals surface area (Å²) in [4.78, 5) is 29.2. The molecule has 2 N–H and O–H groups in total. The van der Waals surface area contributed by atoms with Crippen LogP contribution in [0.3, 0.4) is 0 Å². The Bertz CT molecular complexity index is 360. The number of phosphoric acid groups is 1. The zero-order chi connectivity index (χ0) is 15.6. The lowest BCUT2D eigenvalue weighted by Crippen LogP contribution is -2.21. The summed E-state index contributed by atoms with van der Waals surface area (Å²) >= 11 is 0. The molecule has 0 heterocycles. The van der Waals surface area contributed by atoms with Gasteiger partial charge >= 0.3 is 13.8 Å². The normalized spacial score (nSPS) is 14.2. The third kappa shape index (κ3) is 10.1. The molecule has 0 fully saturated rings. The number of hydrogen-bond acceptors (Lipinski definition) is 4. The summed E-state index contributed by atoms with van der Waals surface area (Å²) in [5, 5.41) is 0. The van der Waals surface area contributed by atoms with Crippen LogP contribution in [0.4, 0.5) is 0 Å². The third-order valence-electron chi connectivity index (χ3n) is 2.79. The van der Waals surface area contributed by atoms with Gasteiger partial charge in [0.05, 0.1) is 0 Å². The van der Waals surface area contributed by atoms with E-state index >= 15 is 0 Å². The molecular weight excluding hydrogens is 283 g/mol. The lowest BCUT2D eigenvalue weighted by molar-refractivity contribution is -0.161. The molecule has 0 amide bonds. The molecule has 1 unspecified atom stereocenters. The molecule has 0 aromatic carbocycles. The highest BCUT2D eigenvalue weighted by atomic mass is 31.2. The van der Waals surface area contributed by atoms with Crippen molar-refractivity contribution in [3.63, 3.8) is 0 Å². The molecule has 0 rings (SSSR count). The minimum Gasteiger partial charge on any atom is -0.432 e. The van der Waals surface area contributed by atoms with Crippen molar-refractivity contribution >= 4 is 13.8 Å².